The lowest BCUT2D eigenvalue weighted by Crippen LogP contribution is -2.72. The number of hydrogen-bond acceptors (Lipinski definition) is 4. The Morgan fingerprint density at radius 2 is 1.76 bits per heavy atom. The molecule has 0 bridgehead atoms. The Kier molecular flexibility index (Phi) is 7.42. The number of amides is 2. The van der Waals surface area contributed by atoms with Gasteiger partial charge in [0.15, 0.2) is 0 Å². The van der Waals surface area contributed by atoms with Crippen molar-refractivity contribution in [2.45, 2.75) is 76.0 Å². The fourth-order valence-corrected chi connectivity index (χ4v) is 7.51. The Hall–Kier alpha value is -1.70. The second-order valence-corrected chi connectivity index (χ2v) is 12.1. The Morgan fingerprint density at radius 3 is 2.44 bits per heavy atom. The number of nitrogens with zero attached hydrogens (tertiary/aromatic N) is 2. The monoisotopic (exact) mass is 543 g/mol. The van der Waals surface area contributed by atoms with E-state index < -0.39 is 5.54 Å². The van der Waals surface area contributed by atoms with E-state index in [0.29, 0.717) is 25.3 Å². The lowest BCUT2D eigenvalue weighted by Gasteiger charge is -2.52. The van der Waals surface area contributed by atoms with Crippen LogP contribution in [0, 0.1) is 5.92 Å². The van der Waals surface area contributed by atoms with Crippen LogP contribution in [0.25, 0.3) is 0 Å². The minimum atomic E-state index is -0.747. The van der Waals surface area contributed by atoms with Crippen LogP contribution in [0.5, 0.6) is 0 Å². The minimum Gasteiger partial charge on any atom is -0.342 e. The van der Waals surface area contributed by atoms with Gasteiger partial charge in [0, 0.05) is 40.9 Å². The molecule has 34 heavy (non-hydrogen) atoms. The van der Waals surface area contributed by atoms with E-state index in [-0.39, 0.29) is 17.9 Å². The molecular formula is C27H34BrN3O2S. The minimum absolute atomic E-state index is 0.0577. The van der Waals surface area contributed by atoms with Crippen molar-refractivity contribution >= 4 is 39.1 Å². The third-order valence-corrected chi connectivity index (χ3v) is 9.65. The van der Waals surface area contributed by atoms with Gasteiger partial charge < -0.3 is 10.2 Å². The number of piperazine rings is 1. The van der Waals surface area contributed by atoms with Crippen molar-refractivity contribution in [1.82, 2.24) is 15.1 Å². The lowest BCUT2D eigenvalue weighted by molar-refractivity contribution is -0.163. The number of likely N-dealkylation sites (tertiary alicyclic amines) is 1. The highest BCUT2D eigenvalue weighted by Gasteiger charge is 2.53. The second kappa shape index (κ2) is 10.5. The molecule has 1 atom stereocenters. The molecule has 2 aromatic rings. The molecule has 2 saturated heterocycles. The topological polar surface area (TPSA) is 52.7 Å². The normalized spacial score (nSPS) is 23.9. The molecule has 2 amide bonds. The van der Waals surface area contributed by atoms with Gasteiger partial charge in [-0.25, -0.2) is 0 Å². The average Bonchev–Trinajstić information content (AvgIpc) is 3.27. The van der Waals surface area contributed by atoms with Crippen LogP contribution in [0.4, 0.5) is 0 Å². The number of benzene rings is 1. The molecule has 3 fully saturated rings. The number of carbonyl (C=O) groups excluding carboxylic acids is 2. The third kappa shape index (κ3) is 5.12. The van der Waals surface area contributed by atoms with Gasteiger partial charge in [0.25, 0.3) is 0 Å². The number of hydrogen-bond donors (Lipinski definition) is 1. The Bertz CT molecular complexity index is 996. The standard InChI is InChI=1S/C27H34BrN3O2S/c28-22-16-23(34-19-22)18-30-13-11-27(12-14-30)26(33)29-24(15-20-7-3-1-4-8-20)25(32)31(27)17-21-9-5-2-6-10-21/h2,5-6,9-10,16,19-20,24H,1,3-4,7-8,11-15,17-18H2,(H,29,33). The molecule has 1 spiro atoms. The molecule has 1 aromatic heterocycles. The summed E-state index contributed by atoms with van der Waals surface area (Å²) in [6.07, 6.45) is 8.28. The zero-order valence-electron chi connectivity index (χ0n) is 19.7. The van der Waals surface area contributed by atoms with Crippen LogP contribution in [-0.4, -0.2) is 46.3 Å². The first kappa shape index (κ1) is 24.0. The van der Waals surface area contributed by atoms with Crippen LogP contribution >= 0.6 is 27.3 Å². The molecule has 2 aliphatic heterocycles. The highest BCUT2D eigenvalue weighted by molar-refractivity contribution is 9.10. The summed E-state index contributed by atoms with van der Waals surface area (Å²) in [5.41, 5.74) is 0.343. The molecular weight excluding hydrogens is 510 g/mol. The van der Waals surface area contributed by atoms with Crippen LogP contribution in [0.1, 0.15) is 61.8 Å². The maximum atomic E-state index is 13.9. The first-order chi connectivity index (χ1) is 16.5. The molecule has 182 valence electrons. The number of piperidine rings is 1. The Balaban J connectivity index is 1.34. The second-order valence-electron chi connectivity index (χ2n) is 10.2. The van der Waals surface area contributed by atoms with Gasteiger partial charge >= 0.3 is 0 Å². The molecule has 0 radical (unpaired) electrons. The molecule has 5 nitrogen and oxygen atoms in total. The first-order valence-corrected chi connectivity index (χ1v) is 14.3. The lowest BCUT2D eigenvalue weighted by atomic mass is 9.79. The molecule has 1 unspecified atom stereocenters. The smallest absolute Gasteiger partial charge is 0.246 e. The van der Waals surface area contributed by atoms with Crippen molar-refractivity contribution in [3.63, 3.8) is 0 Å². The van der Waals surface area contributed by atoms with E-state index in [1.54, 1.807) is 11.3 Å². The zero-order chi connectivity index (χ0) is 23.5. The van der Waals surface area contributed by atoms with Crippen LogP contribution in [0.15, 0.2) is 46.3 Å². The van der Waals surface area contributed by atoms with E-state index in [1.807, 2.05) is 23.1 Å². The number of nitrogens with one attached hydrogen (secondary N) is 1. The van der Waals surface area contributed by atoms with Gasteiger partial charge in [-0.2, -0.15) is 0 Å². The van der Waals surface area contributed by atoms with E-state index in [4.69, 9.17) is 0 Å². The van der Waals surface area contributed by atoms with Gasteiger partial charge in [0.05, 0.1) is 0 Å². The fourth-order valence-electron chi connectivity index (χ4n) is 6.02. The summed E-state index contributed by atoms with van der Waals surface area (Å²) in [6.45, 7) is 3.03. The van der Waals surface area contributed by atoms with Gasteiger partial charge in [-0.05, 0) is 52.7 Å². The van der Waals surface area contributed by atoms with Crippen molar-refractivity contribution in [2.75, 3.05) is 13.1 Å². The predicted molar refractivity (Wildman–Crippen MR) is 139 cm³/mol. The van der Waals surface area contributed by atoms with E-state index in [1.165, 1.54) is 37.0 Å². The number of carbonyl (C=O) groups is 2. The average molecular weight is 545 g/mol. The largest absolute Gasteiger partial charge is 0.342 e. The summed E-state index contributed by atoms with van der Waals surface area (Å²) in [6, 6.07) is 11.9. The Morgan fingerprint density at radius 1 is 1.03 bits per heavy atom. The number of thiophene rings is 1. The number of rotatable bonds is 6. The molecule has 1 aromatic carbocycles. The third-order valence-electron chi connectivity index (χ3n) is 7.97. The SMILES string of the molecule is O=C1C(CC2CCCCC2)NC(=O)C2(CCN(Cc3cc(Br)cs3)CC2)N1Cc1ccccc1. The first-order valence-electron chi connectivity index (χ1n) is 12.7. The van der Waals surface area contributed by atoms with Crippen molar-refractivity contribution in [3.05, 3.63) is 56.7 Å². The van der Waals surface area contributed by atoms with E-state index in [2.05, 4.69) is 49.7 Å². The zero-order valence-corrected chi connectivity index (χ0v) is 22.1. The number of halogens is 1. The molecule has 1 saturated carbocycles. The summed E-state index contributed by atoms with van der Waals surface area (Å²) in [5, 5.41) is 5.32. The van der Waals surface area contributed by atoms with E-state index in [9.17, 15) is 9.59 Å². The molecule has 3 heterocycles. The summed E-state index contributed by atoms with van der Waals surface area (Å²) in [4.78, 5) is 33.3. The van der Waals surface area contributed by atoms with Crippen molar-refractivity contribution < 1.29 is 9.59 Å². The summed E-state index contributed by atoms with van der Waals surface area (Å²) in [7, 11) is 0. The molecule has 5 rings (SSSR count). The quantitative estimate of drug-likeness (QED) is 0.534. The van der Waals surface area contributed by atoms with Crippen LogP contribution in [0.2, 0.25) is 0 Å². The van der Waals surface area contributed by atoms with Gasteiger partial charge in [-0.3, -0.25) is 14.5 Å². The van der Waals surface area contributed by atoms with E-state index in [0.717, 1.165) is 36.1 Å². The summed E-state index contributed by atoms with van der Waals surface area (Å²) < 4.78 is 1.12. The van der Waals surface area contributed by atoms with Gasteiger partial charge in [0.2, 0.25) is 11.8 Å². The molecule has 1 aliphatic carbocycles. The van der Waals surface area contributed by atoms with Crippen molar-refractivity contribution in [1.29, 1.82) is 0 Å². The molecule has 3 aliphatic rings. The highest BCUT2D eigenvalue weighted by Crippen LogP contribution is 2.37. The van der Waals surface area contributed by atoms with Gasteiger partial charge in [-0.1, -0.05) is 62.4 Å². The molecule has 7 heteroatoms. The van der Waals surface area contributed by atoms with E-state index >= 15 is 0 Å². The Labute approximate surface area is 215 Å². The summed E-state index contributed by atoms with van der Waals surface area (Å²) >= 11 is 5.30. The molecule has 1 N–H and O–H groups in total. The van der Waals surface area contributed by atoms with Crippen molar-refractivity contribution in [3.8, 4) is 0 Å². The van der Waals surface area contributed by atoms with Crippen LogP contribution < -0.4 is 5.32 Å². The highest BCUT2D eigenvalue weighted by atomic mass is 79.9. The van der Waals surface area contributed by atoms with Crippen LogP contribution in [0.3, 0.4) is 0 Å². The fraction of sp³-hybridized carbons (Fsp3) is 0.556. The van der Waals surface area contributed by atoms with Gasteiger partial charge in [0.1, 0.15) is 11.6 Å². The van der Waals surface area contributed by atoms with Crippen LogP contribution in [-0.2, 0) is 22.7 Å². The maximum absolute atomic E-state index is 13.9. The summed E-state index contributed by atoms with van der Waals surface area (Å²) in [5.74, 6) is 0.717. The predicted octanol–water partition coefficient (Wildman–Crippen LogP) is 5.34. The maximum Gasteiger partial charge on any atom is 0.246 e. The van der Waals surface area contributed by atoms with Crippen molar-refractivity contribution in [2.24, 2.45) is 5.92 Å². The van der Waals surface area contributed by atoms with Gasteiger partial charge in [-0.15, -0.1) is 11.3 Å².